The Morgan fingerprint density at radius 1 is 1.32 bits per heavy atom. The minimum atomic E-state index is -0.0487. The van der Waals surface area contributed by atoms with Gasteiger partial charge in [0.25, 0.3) is 0 Å². The zero-order chi connectivity index (χ0) is 17.8. The highest BCUT2D eigenvalue weighted by Gasteiger charge is 2.15. The van der Waals surface area contributed by atoms with E-state index in [1.165, 1.54) is 0 Å². The third kappa shape index (κ3) is 4.09. The van der Waals surface area contributed by atoms with Gasteiger partial charge in [0, 0.05) is 29.3 Å². The number of carbonyl (C=O) groups excluding carboxylic acids is 1. The van der Waals surface area contributed by atoms with Crippen molar-refractivity contribution in [1.82, 2.24) is 14.7 Å². The number of furan rings is 1. The summed E-state index contributed by atoms with van der Waals surface area (Å²) in [5, 5.41) is 6.40. The fourth-order valence-corrected chi connectivity index (χ4v) is 3.40. The minimum Gasteiger partial charge on any atom is -0.467 e. The molecule has 3 aromatic rings. The van der Waals surface area contributed by atoms with Gasteiger partial charge >= 0.3 is 0 Å². The number of aromatic nitrogens is 2. The van der Waals surface area contributed by atoms with Gasteiger partial charge in [-0.1, -0.05) is 6.07 Å². The lowest BCUT2D eigenvalue weighted by molar-refractivity contribution is -0.127. The molecule has 3 heterocycles. The van der Waals surface area contributed by atoms with Gasteiger partial charge in [-0.05, 0) is 43.5 Å². The SMILES string of the molecule is Cc1nn(C)c(C)c1/C=C/C(=O)N(Cc1ccco1)Cc1cccs1. The predicted octanol–water partition coefficient (Wildman–Crippen LogP) is 3.93. The van der Waals surface area contributed by atoms with Crippen LogP contribution in [-0.2, 0) is 24.9 Å². The van der Waals surface area contributed by atoms with Gasteiger partial charge in [0.15, 0.2) is 0 Å². The number of hydrogen-bond acceptors (Lipinski definition) is 4. The first-order valence-electron chi connectivity index (χ1n) is 8.06. The number of carbonyl (C=O) groups is 1. The molecule has 0 aliphatic heterocycles. The molecule has 0 saturated heterocycles. The largest absolute Gasteiger partial charge is 0.467 e. The molecule has 0 fully saturated rings. The number of aryl methyl sites for hydroxylation is 2. The summed E-state index contributed by atoms with van der Waals surface area (Å²) in [6.07, 6.45) is 5.10. The van der Waals surface area contributed by atoms with E-state index < -0.39 is 0 Å². The Kier molecular flexibility index (Phi) is 5.19. The molecule has 0 saturated carbocycles. The highest BCUT2D eigenvalue weighted by molar-refractivity contribution is 7.09. The van der Waals surface area contributed by atoms with Crippen molar-refractivity contribution >= 4 is 23.3 Å². The normalized spacial score (nSPS) is 11.3. The average molecular weight is 355 g/mol. The molecule has 0 spiro atoms. The van der Waals surface area contributed by atoms with E-state index in [0.29, 0.717) is 13.1 Å². The fraction of sp³-hybridized carbons (Fsp3) is 0.263. The van der Waals surface area contributed by atoms with Crippen molar-refractivity contribution in [2.75, 3.05) is 0 Å². The zero-order valence-electron chi connectivity index (χ0n) is 14.6. The van der Waals surface area contributed by atoms with Crippen molar-refractivity contribution in [2.24, 2.45) is 7.05 Å². The van der Waals surface area contributed by atoms with Crippen molar-refractivity contribution in [1.29, 1.82) is 0 Å². The molecule has 6 heteroatoms. The molecule has 0 atom stereocenters. The maximum absolute atomic E-state index is 12.8. The Morgan fingerprint density at radius 3 is 2.76 bits per heavy atom. The van der Waals surface area contributed by atoms with Crippen LogP contribution in [0.1, 0.15) is 27.6 Å². The highest BCUT2D eigenvalue weighted by atomic mass is 32.1. The van der Waals surface area contributed by atoms with Crippen LogP contribution in [0.4, 0.5) is 0 Å². The first-order valence-corrected chi connectivity index (χ1v) is 8.94. The summed E-state index contributed by atoms with van der Waals surface area (Å²) in [6.45, 7) is 4.95. The van der Waals surface area contributed by atoms with Crippen LogP contribution < -0.4 is 0 Å². The minimum absolute atomic E-state index is 0.0487. The van der Waals surface area contributed by atoms with Gasteiger partial charge in [0.05, 0.1) is 25.0 Å². The molecule has 1 amide bonds. The summed E-state index contributed by atoms with van der Waals surface area (Å²) in [7, 11) is 1.90. The Balaban J connectivity index is 1.79. The molecule has 25 heavy (non-hydrogen) atoms. The molecular formula is C19H21N3O2S. The van der Waals surface area contributed by atoms with E-state index in [1.54, 1.807) is 28.6 Å². The lowest BCUT2D eigenvalue weighted by Crippen LogP contribution is -2.28. The average Bonchev–Trinajstić information content (AvgIpc) is 3.31. The molecular weight excluding hydrogens is 334 g/mol. The molecule has 0 radical (unpaired) electrons. The molecule has 130 valence electrons. The molecule has 0 aliphatic carbocycles. The van der Waals surface area contributed by atoms with Crippen molar-refractivity contribution in [3.8, 4) is 0 Å². The maximum atomic E-state index is 12.8. The third-order valence-electron chi connectivity index (χ3n) is 4.12. The van der Waals surface area contributed by atoms with Crippen LogP contribution >= 0.6 is 11.3 Å². The van der Waals surface area contributed by atoms with Crippen LogP contribution in [0.2, 0.25) is 0 Å². The van der Waals surface area contributed by atoms with E-state index in [2.05, 4.69) is 5.10 Å². The van der Waals surface area contributed by atoms with Crippen LogP contribution in [0.15, 0.2) is 46.4 Å². The van der Waals surface area contributed by atoms with E-state index >= 15 is 0 Å². The van der Waals surface area contributed by atoms with Gasteiger partial charge in [0.2, 0.25) is 5.91 Å². The van der Waals surface area contributed by atoms with Crippen molar-refractivity contribution in [3.63, 3.8) is 0 Å². The summed E-state index contributed by atoms with van der Waals surface area (Å²) in [6, 6.07) is 7.75. The Bertz CT molecular complexity index is 825. The number of nitrogens with zero attached hydrogens (tertiary/aromatic N) is 3. The zero-order valence-corrected chi connectivity index (χ0v) is 15.4. The molecule has 0 N–H and O–H groups in total. The monoisotopic (exact) mass is 355 g/mol. The van der Waals surface area contributed by atoms with Gasteiger partial charge in [0.1, 0.15) is 5.76 Å². The lowest BCUT2D eigenvalue weighted by Gasteiger charge is -2.19. The van der Waals surface area contributed by atoms with Gasteiger partial charge in [-0.3, -0.25) is 9.48 Å². The van der Waals surface area contributed by atoms with E-state index in [4.69, 9.17) is 4.42 Å². The van der Waals surface area contributed by atoms with E-state index in [9.17, 15) is 4.79 Å². The van der Waals surface area contributed by atoms with Crippen LogP contribution in [-0.4, -0.2) is 20.6 Å². The second-order valence-corrected chi connectivity index (χ2v) is 6.93. The number of amides is 1. The second-order valence-electron chi connectivity index (χ2n) is 5.89. The van der Waals surface area contributed by atoms with Crippen LogP contribution in [0, 0.1) is 13.8 Å². The smallest absolute Gasteiger partial charge is 0.247 e. The molecule has 0 aromatic carbocycles. The molecule has 3 aromatic heterocycles. The topological polar surface area (TPSA) is 51.3 Å². The number of rotatable bonds is 6. The Hall–Kier alpha value is -2.60. The van der Waals surface area contributed by atoms with Gasteiger partial charge < -0.3 is 9.32 Å². The van der Waals surface area contributed by atoms with E-state index in [0.717, 1.165) is 27.6 Å². The highest BCUT2D eigenvalue weighted by Crippen LogP contribution is 2.17. The first-order chi connectivity index (χ1) is 12.0. The van der Waals surface area contributed by atoms with Crippen LogP contribution in [0.5, 0.6) is 0 Å². The van der Waals surface area contributed by atoms with Gasteiger partial charge in [-0.25, -0.2) is 0 Å². The number of thiophene rings is 1. The standard InChI is InChI=1S/C19H21N3O2S/c1-14-18(15(2)21(3)20-14)8-9-19(23)22(12-16-6-4-10-24-16)13-17-7-5-11-25-17/h4-11H,12-13H2,1-3H3/b9-8+. The molecule has 3 rings (SSSR count). The molecule has 0 bridgehead atoms. The summed E-state index contributed by atoms with van der Waals surface area (Å²) < 4.78 is 7.23. The maximum Gasteiger partial charge on any atom is 0.247 e. The lowest BCUT2D eigenvalue weighted by atomic mass is 10.2. The predicted molar refractivity (Wildman–Crippen MR) is 99.0 cm³/mol. The molecule has 5 nitrogen and oxygen atoms in total. The molecule has 0 unspecified atom stereocenters. The third-order valence-corrected chi connectivity index (χ3v) is 4.98. The van der Waals surface area contributed by atoms with E-state index in [1.807, 2.05) is 61.3 Å². The number of hydrogen-bond donors (Lipinski definition) is 0. The summed E-state index contributed by atoms with van der Waals surface area (Å²) >= 11 is 1.64. The second kappa shape index (κ2) is 7.53. The Labute approximate surface area is 151 Å². The van der Waals surface area contributed by atoms with Crippen LogP contribution in [0.25, 0.3) is 6.08 Å². The summed E-state index contributed by atoms with van der Waals surface area (Å²) in [5.41, 5.74) is 2.95. The first kappa shape index (κ1) is 17.2. The fourth-order valence-electron chi connectivity index (χ4n) is 2.68. The van der Waals surface area contributed by atoms with Gasteiger partial charge in [-0.15, -0.1) is 11.3 Å². The summed E-state index contributed by atoms with van der Waals surface area (Å²) in [4.78, 5) is 15.7. The summed E-state index contributed by atoms with van der Waals surface area (Å²) in [5.74, 6) is 0.722. The van der Waals surface area contributed by atoms with Gasteiger partial charge in [-0.2, -0.15) is 5.10 Å². The quantitative estimate of drug-likeness (QED) is 0.630. The van der Waals surface area contributed by atoms with Crippen molar-refractivity contribution < 1.29 is 9.21 Å². The van der Waals surface area contributed by atoms with Crippen molar-refractivity contribution in [3.05, 3.63) is 69.6 Å². The van der Waals surface area contributed by atoms with Crippen LogP contribution in [0.3, 0.4) is 0 Å². The van der Waals surface area contributed by atoms with E-state index in [-0.39, 0.29) is 5.91 Å². The van der Waals surface area contributed by atoms with Crippen molar-refractivity contribution in [2.45, 2.75) is 26.9 Å². The molecule has 0 aliphatic rings. The Morgan fingerprint density at radius 2 is 2.16 bits per heavy atom.